The van der Waals surface area contributed by atoms with Crippen LogP contribution in [-0.4, -0.2) is 35.5 Å². The fourth-order valence-electron chi connectivity index (χ4n) is 3.12. The van der Waals surface area contributed by atoms with Gasteiger partial charge >= 0.3 is 12.3 Å². The summed E-state index contributed by atoms with van der Waals surface area (Å²) < 4.78 is 49.2. The minimum Gasteiger partial charge on any atom is -0.479 e. The van der Waals surface area contributed by atoms with Gasteiger partial charge in [-0.3, -0.25) is 0 Å². The number of aliphatic hydroxyl groups is 1. The third-order valence-electron chi connectivity index (χ3n) is 4.67. The molecule has 0 bridgehead atoms. The lowest BCUT2D eigenvalue weighted by Crippen LogP contribution is -2.40. The highest BCUT2D eigenvalue weighted by atomic mass is 19.4. The van der Waals surface area contributed by atoms with Crippen LogP contribution in [-0.2, 0) is 10.9 Å². The van der Waals surface area contributed by atoms with Crippen molar-refractivity contribution in [1.82, 2.24) is 4.90 Å². The number of carbonyl (C=O) groups is 1. The molecule has 0 aliphatic carbocycles. The van der Waals surface area contributed by atoms with Gasteiger partial charge in [-0.1, -0.05) is 30.3 Å². The van der Waals surface area contributed by atoms with Crippen LogP contribution < -0.4 is 4.74 Å². The summed E-state index contributed by atoms with van der Waals surface area (Å²) in [6.45, 7) is 1.11. The molecular formula is C21H22F3NO4. The summed E-state index contributed by atoms with van der Waals surface area (Å²) in [7, 11) is 0. The van der Waals surface area contributed by atoms with Gasteiger partial charge in [-0.15, -0.1) is 0 Å². The molecule has 1 amide bonds. The van der Waals surface area contributed by atoms with E-state index >= 15 is 0 Å². The van der Waals surface area contributed by atoms with Crippen molar-refractivity contribution in [2.24, 2.45) is 0 Å². The molecule has 1 aliphatic rings. The Morgan fingerprint density at radius 1 is 0.966 bits per heavy atom. The number of ether oxygens (including phenoxy) is 2. The van der Waals surface area contributed by atoms with Gasteiger partial charge in [-0.25, -0.2) is 4.79 Å². The number of hydrogen-bond donors (Lipinski definition) is 1. The van der Waals surface area contributed by atoms with E-state index in [1.54, 1.807) is 30.3 Å². The topological polar surface area (TPSA) is 59.0 Å². The zero-order chi connectivity index (χ0) is 20.9. The largest absolute Gasteiger partial charge is 0.479 e. The predicted molar refractivity (Wildman–Crippen MR) is 99.2 cm³/mol. The van der Waals surface area contributed by atoms with E-state index < -0.39 is 30.2 Å². The molecule has 156 valence electrons. The van der Waals surface area contributed by atoms with Gasteiger partial charge < -0.3 is 19.5 Å². The van der Waals surface area contributed by atoms with Crippen molar-refractivity contribution >= 4 is 6.09 Å². The number of aliphatic hydroxyl groups excluding tert-OH is 1. The molecule has 8 heteroatoms. The lowest BCUT2D eigenvalue weighted by Gasteiger charge is -2.29. The fourth-order valence-corrected chi connectivity index (χ4v) is 3.12. The van der Waals surface area contributed by atoms with E-state index in [1.165, 1.54) is 4.90 Å². The SMILES string of the molecule is O=C(OC(O)C(Oc1ccc(C(F)(F)F)cc1)c1ccccc1)N1CCCCC1. The molecule has 1 fully saturated rings. The van der Waals surface area contributed by atoms with Crippen molar-refractivity contribution < 1.29 is 32.5 Å². The van der Waals surface area contributed by atoms with Gasteiger partial charge in [-0.05, 0) is 49.1 Å². The van der Waals surface area contributed by atoms with E-state index in [9.17, 15) is 23.1 Å². The average Bonchev–Trinajstić information content (AvgIpc) is 2.73. The second-order valence-corrected chi connectivity index (χ2v) is 6.79. The normalized spacial score (nSPS) is 16.8. The maximum Gasteiger partial charge on any atom is 0.416 e. The molecule has 3 rings (SSSR count). The molecule has 0 radical (unpaired) electrons. The minimum absolute atomic E-state index is 0.111. The Kier molecular flexibility index (Phi) is 6.64. The molecule has 2 aromatic carbocycles. The van der Waals surface area contributed by atoms with Gasteiger partial charge in [-0.2, -0.15) is 13.2 Å². The maximum atomic E-state index is 12.8. The number of likely N-dealkylation sites (tertiary alicyclic amines) is 1. The number of nitrogens with zero attached hydrogens (tertiary/aromatic N) is 1. The summed E-state index contributed by atoms with van der Waals surface area (Å²) in [5.41, 5.74) is -0.287. The van der Waals surface area contributed by atoms with Gasteiger partial charge in [0.1, 0.15) is 5.75 Å². The van der Waals surface area contributed by atoms with Crippen molar-refractivity contribution in [2.45, 2.75) is 37.8 Å². The molecule has 0 spiro atoms. The molecule has 1 N–H and O–H groups in total. The van der Waals surface area contributed by atoms with Crippen LogP contribution in [0.1, 0.15) is 36.5 Å². The Morgan fingerprint density at radius 3 is 2.17 bits per heavy atom. The standard InChI is InChI=1S/C21H22F3NO4/c22-21(23,24)16-9-11-17(12-10-16)28-18(15-7-3-1-4-8-15)19(26)29-20(27)25-13-5-2-6-14-25/h1,3-4,7-12,18-19,26H,2,5-6,13-14H2. The smallest absolute Gasteiger partial charge is 0.416 e. The summed E-state index contributed by atoms with van der Waals surface area (Å²) in [6, 6.07) is 12.7. The Labute approximate surface area is 166 Å². The lowest BCUT2D eigenvalue weighted by atomic mass is 10.1. The number of alkyl halides is 3. The molecule has 1 aliphatic heterocycles. The Morgan fingerprint density at radius 2 is 1.59 bits per heavy atom. The first-order chi connectivity index (χ1) is 13.8. The van der Waals surface area contributed by atoms with Crippen LogP contribution in [0, 0.1) is 0 Å². The van der Waals surface area contributed by atoms with E-state index in [4.69, 9.17) is 9.47 Å². The second-order valence-electron chi connectivity index (χ2n) is 6.79. The maximum absolute atomic E-state index is 12.8. The second kappa shape index (κ2) is 9.17. The highest BCUT2D eigenvalue weighted by Gasteiger charge is 2.32. The van der Waals surface area contributed by atoms with Gasteiger partial charge in [0.25, 0.3) is 0 Å². The molecule has 5 nitrogen and oxygen atoms in total. The number of carbonyl (C=O) groups excluding carboxylic acids is 1. The molecule has 1 saturated heterocycles. The van der Waals surface area contributed by atoms with Crippen molar-refractivity contribution in [3.63, 3.8) is 0 Å². The van der Waals surface area contributed by atoms with Crippen LogP contribution in [0.15, 0.2) is 54.6 Å². The van der Waals surface area contributed by atoms with Crippen LogP contribution in [0.5, 0.6) is 5.75 Å². The number of halogens is 3. The van der Waals surface area contributed by atoms with E-state index in [0.29, 0.717) is 18.7 Å². The number of piperidine rings is 1. The Balaban J connectivity index is 1.75. The van der Waals surface area contributed by atoms with Crippen molar-refractivity contribution in [3.05, 3.63) is 65.7 Å². The van der Waals surface area contributed by atoms with Gasteiger partial charge in [0.15, 0.2) is 6.10 Å². The van der Waals surface area contributed by atoms with Crippen LogP contribution in [0.25, 0.3) is 0 Å². The first-order valence-corrected chi connectivity index (χ1v) is 9.37. The molecular weight excluding hydrogens is 387 g/mol. The predicted octanol–water partition coefficient (Wildman–Crippen LogP) is 4.77. The molecule has 0 saturated carbocycles. The van der Waals surface area contributed by atoms with Gasteiger partial charge in [0.2, 0.25) is 6.29 Å². The average molecular weight is 409 g/mol. The summed E-state index contributed by atoms with van der Waals surface area (Å²) in [4.78, 5) is 13.8. The zero-order valence-corrected chi connectivity index (χ0v) is 15.6. The molecule has 0 aromatic heterocycles. The molecule has 1 heterocycles. The van der Waals surface area contributed by atoms with Crippen LogP contribution in [0.2, 0.25) is 0 Å². The fraction of sp³-hybridized carbons (Fsp3) is 0.381. The first kappa shape index (κ1) is 21.0. The zero-order valence-electron chi connectivity index (χ0n) is 15.6. The number of benzene rings is 2. The van der Waals surface area contributed by atoms with E-state index in [2.05, 4.69) is 0 Å². The molecule has 29 heavy (non-hydrogen) atoms. The number of rotatable bonds is 5. The Hall–Kier alpha value is -2.74. The quantitative estimate of drug-likeness (QED) is 0.723. The summed E-state index contributed by atoms with van der Waals surface area (Å²) in [5, 5.41) is 10.5. The van der Waals surface area contributed by atoms with E-state index in [0.717, 1.165) is 43.5 Å². The molecule has 2 aromatic rings. The van der Waals surface area contributed by atoms with Gasteiger partial charge in [0, 0.05) is 13.1 Å². The van der Waals surface area contributed by atoms with Gasteiger partial charge in [0.05, 0.1) is 5.56 Å². The number of amides is 1. The van der Waals surface area contributed by atoms with E-state index in [1.807, 2.05) is 0 Å². The highest BCUT2D eigenvalue weighted by molar-refractivity contribution is 5.67. The third kappa shape index (κ3) is 5.63. The summed E-state index contributed by atoms with van der Waals surface area (Å²) >= 11 is 0. The monoisotopic (exact) mass is 409 g/mol. The lowest BCUT2D eigenvalue weighted by molar-refractivity contribution is -0.137. The van der Waals surface area contributed by atoms with Crippen LogP contribution >= 0.6 is 0 Å². The van der Waals surface area contributed by atoms with E-state index in [-0.39, 0.29) is 5.75 Å². The molecule has 2 unspecified atom stereocenters. The van der Waals surface area contributed by atoms with Crippen molar-refractivity contribution in [1.29, 1.82) is 0 Å². The van der Waals surface area contributed by atoms with Crippen molar-refractivity contribution in [3.8, 4) is 5.75 Å². The van der Waals surface area contributed by atoms with Crippen LogP contribution in [0.4, 0.5) is 18.0 Å². The highest BCUT2D eigenvalue weighted by Crippen LogP contribution is 2.32. The van der Waals surface area contributed by atoms with Crippen LogP contribution in [0.3, 0.4) is 0 Å². The number of hydrogen-bond acceptors (Lipinski definition) is 4. The summed E-state index contributed by atoms with van der Waals surface area (Å²) in [5.74, 6) is 0.111. The summed E-state index contributed by atoms with van der Waals surface area (Å²) in [6.07, 6.45) is -5.05. The first-order valence-electron chi connectivity index (χ1n) is 9.37. The minimum atomic E-state index is -4.46. The van der Waals surface area contributed by atoms with Crippen molar-refractivity contribution in [2.75, 3.05) is 13.1 Å². The Bertz CT molecular complexity index is 790. The molecule has 2 atom stereocenters. The third-order valence-corrected chi connectivity index (χ3v) is 4.67.